The highest BCUT2D eigenvalue weighted by molar-refractivity contribution is 7.89. The van der Waals surface area contributed by atoms with Gasteiger partial charge in [-0.1, -0.05) is 11.6 Å². The van der Waals surface area contributed by atoms with Crippen LogP contribution in [0.4, 0.5) is 5.69 Å². The van der Waals surface area contributed by atoms with E-state index in [-0.39, 0.29) is 9.92 Å². The number of aryl methyl sites for hydroxylation is 1. The summed E-state index contributed by atoms with van der Waals surface area (Å²) in [4.78, 5) is 2.08. The van der Waals surface area contributed by atoms with E-state index in [0.29, 0.717) is 12.2 Å². The Morgan fingerprint density at radius 1 is 1.20 bits per heavy atom. The second-order valence-electron chi connectivity index (χ2n) is 5.12. The first-order valence-electron chi connectivity index (χ1n) is 6.33. The number of nitrogens with zero attached hydrogens (tertiary/aromatic N) is 2. The molecule has 114 valence electrons. The van der Waals surface area contributed by atoms with Crippen LogP contribution in [-0.2, 0) is 10.0 Å². The number of hydrogen-bond donors (Lipinski definition) is 1. The average molecular weight is 320 g/mol. The molecule has 5 nitrogen and oxygen atoms in total. The van der Waals surface area contributed by atoms with Crippen molar-refractivity contribution < 1.29 is 8.42 Å². The summed E-state index contributed by atoms with van der Waals surface area (Å²) in [6, 6.07) is 3.01. The van der Waals surface area contributed by atoms with Crippen LogP contribution < -0.4 is 5.73 Å². The lowest BCUT2D eigenvalue weighted by molar-refractivity contribution is 0.370. The minimum atomic E-state index is -3.60. The quantitative estimate of drug-likeness (QED) is 0.812. The molecule has 0 heterocycles. The Labute approximate surface area is 126 Å². The van der Waals surface area contributed by atoms with E-state index in [1.165, 1.54) is 10.4 Å². The first kappa shape index (κ1) is 17.2. The molecule has 0 aliphatic heterocycles. The topological polar surface area (TPSA) is 66.6 Å². The molecular weight excluding hydrogens is 298 g/mol. The van der Waals surface area contributed by atoms with Gasteiger partial charge in [-0.05, 0) is 51.7 Å². The molecular formula is C13H22ClN3O2S. The number of anilines is 1. The van der Waals surface area contributed by atoms with Crippen molar-refractivity contribution in [2.75, 3.05) is 40.0 Å². The van der Waals surface area contributed by atoms with Gasteiger partial charge in [0.2, 0.25) is 10.0 Å². The molecule has 0 bridgehead atoms. The highest BCUT2D eigenvalue weighted by atomic mass is 35.5. The Morgan fingerprint density at radius 3 is 2.35 bits per heavy atom. The zero-order valence-electron chi connectivity index (χ0n) is 12.4. The maximum atomic E-state index is 12.5. The fourth-order valence-corrected chi connectivity index (χ4v) is 3.56. The van der Waals surface area contributed by atoms with E-state index < -0.39 is 10.0 Å². The van der Waals surface area contributed by atoms with Crippen molar-refractivity contribution in [2.24, 2.45) is 0 Å². The Kier molecular flexibility index (Phi) is 5.82. The molecule has 0 atom stereocenters. The molecule has 0 saturated heterocycles. The summed E-state index contributed by atoms with van der Waals surface area (Å²) in [5, 5.41) is 0.205. The van der Waals surface area contributed by atoms with Crippen molar-refractivity contribution in [1.29, 1.82) is 0 Å². The van der Waals surface area contributed by atoms with Gasteiger partial charge < -0.3 is 10.6 Å². The largest absolute Gasteiger partial charge is 0.398 e. The SMILES string of the molecule is Cc1cc(Cl)c(S(=O)(=O)N(C)CCCN(C)C)cc1N. The molecule has 0 aliphatic carbocycles. The van der Waals surface area contributed by atoms with Crippen LogP contribution in [0.3, 0.4) is 0 Å². The van der Waals surface area contributed by atoms with E-state index in [0.717, 1.165) is 18.5 Å². The molecule has 0 fully saturated rings. The molecule has 1 rings (SSSR count). The van der Waals surface area contributed by atoms with Gasteiger partial charge in [0.1, 0.15) is 4.90 Å². The lowest BCUT2D eigenvalue weighted by Gasteiger charge is -2.19. The van der Waals surface area contributed by atoms with Crippen LogP contribution in [0.25, 0.3) is 0 Å². The third kappa shape index (κ3) is 4.09. The normalized spacial score (nSPS) is 12.3. The lowest BCUT2D eigenvalue weighted by Crippen LogP contribution is -2.30. The van der Waals surface area contributed by atoms with Crippen molar-refractivity contribution in [1.82, 2.24) is 9.21 Å². The van der Waals surface area contributed by atoms with Crippen LogP contribution in [0.1, 0.15) is 12.0 Å². The monoisotopic (exact) mass is 319 g/mol. The van der Waals surface area contributed by atoms with E-state index in [9.17, 15) is 8.42 Å². The first-order chi connectivity index (χ1) is 9.16. The van der Waals surface area contributed by atoms with Crippen molar-refractivity contribution in [2.45, 2.75) is 18.2 Å². The Balaban J connectivity index is 2.96. The van der Waals surface area contributed by atoms with Gasteiger partial charge in [-0.3, -0.25) is 0 Å². The van der Waals surface area contributed by atoms with Gasteiger partial charge in [0, 0.05) is 19.3 Å². The van der Waals surface area contributed by atoms with Gasteiger partial charge in [-0.25, -0.2) is 12.7 Å². The smallest absolute Gasteiger partial charge is 0.244 e. The van der Waals surface area contributed by atoms with Gasteiger partial charge in [-0.2, -0.15) is 0 Å². The molecule has 0 aliphatic rings. The van der Waals surface area contributed by atoms with Gasteiger partial charge in [0.05, 0.1) is 5.02 Å². The molecule has 0 amide bonds. The van der Waals surface area contributed by atoms with Gasteiger partial charge in [0.15, 0.2) is 0 Å². The number of halogens is 1. The van der Waals surface area contributed by atoms with Gasteiger partial charge in [-0.15, -0.1) is 0 Å². The van der Waals surface area contributed by atoms with Gasteiger partial charge >= 0.3 is 0 Å². The fourth-order valence-electron chi connectivity index (χ4n) is 1.76. The summed E-state index contributed by atoms with van der Waals surface area (Å²) >= 11 is 6.04. The summed E-state index contributed by atoms with van der Waals surface area (Å²) in [7, 11) is 1.85. The van der Waals surface area contributed by atoms with Crippen molar-refractivity contribution in [3.63, 3.8) is 0 Å². The minimum Gasteiger partial charge on any atom is -0.398 e. The molecule has 0 spiro atoms. The summed E-state index contributed by atoms with van der Waals surface area (Å²) in [5.41, 5.74) is 6.97. The number of nitrogens with two attached hydrogens (primary N) is 1. The standard InChI is InChI=1S/C13H22ClN3O2S/c1-10-8-11(14)13(9-12(10)15)20(18,19)17(4)7-5-6-16(2)3/h8-9H,5-7,15H2,1-4H3. The Morgan fingerprint density at radius 2 is 1.80 bits per heavy atom. The van der Waals surface area contributed by atoms with E-state index in [1.54, 1.807) is 20.0 Å². The van der Waals surface area contributed by atoms with E-state index in [2.05, 4.69) is 0 Å². The van der Waals surface area contributed by atoms with Crippen LogP contribution in [0, 0.1) is 6.92 Å². The summed E-state index contributed by atoms with van der Waals surface area (Å²) in [6.07, 6.45) is 0.752. The first-order valence-corrected chi connectivity index (χ1v) is 8.14. The molecule has 2 N–H and O–H groups in total. The number of hydrogen-bond acceptors (Lipinski definition) is 4. The predicted octanol–water partition coefficient (Wildman–Crippen LogP) is 1.80. The maximum absolute atomic E-state index is 12.5. The third-order valence-corrected chi connectivity index (χ3v) is 5.41. The second-order valence-corrected chi connectivity index (χ2v) is 7.54. The zero-order valence-corrected chi connectivity index (χ0v) is 13.9. The van der Waals surface area contributed by atoms with Crippen molar-refractivity contribution >= 4 is 27.3 Å². The number of benzene rings is 1. The van der Waals surface area contributed by atoms with E-state index >= 15 is 0 Å². The van der Waals surface area contributed by atoms with Crippen LogP contribution in [-0.4, -0.2) is 51.9 Å². The molecule has 0 radical (unpaired) electrons. The van der Waals surface area contributed by atoms with Crippen LogP contribution in [0.2, 0.25) is 5.02 Å². The molecule has 1 aromatic carbocycles. The van der Waals surface area contributed by atoms with Crippen molar-refractivity contribution in [3.05, 3.63) is 22.7 Å². The molecule has 20 heavy (non-hydrogen) atoms. The second kappa shape index (κ2) is 6.76. The highest BCUT2D eigenvalue weighted by Crippen LogP contribution is 2.28. The molecule has 1 aromatic rings. The minimum absolute atomic E-state index is 0.0645. The zero-order chi connectivity index (χ0) is 15.5. The lowest BCUT2D eigenvalue weighted by atomic mass is 10.2. The molecule has 0 unspecified atom stereocenters. The van der Waals surface area contributed by atoms with E-state index in [1.807, 2.05) is 19.0 Å². The Bertz CT molecular complexity index is 573. The summed E-state index contributed by atoms with van der Waals surface area (Å²) in [6.45, 7) is 3.05. The highest BCUT2D eigenvalue weighted by Gasteiger charge is 2.24. The number of nitrogen functional groups attached to an aromatic ring is 1. The molecule has 7 heteroatoms. The summed E-state index contributed by atoms with van der Waals surface area (Å²) in [5.74, 6) is 0. The van der Waals surface area contributed by atoms with Crippen LogP contribution in [0.15, 0.2) is 17.0 Å². The molecule has 0 saturated carbocycles. The fraction of sp³-hybridized carbons (Fsp3) is 0.538. The number of sulfonamides is 1. The van der Waals surface area contributed by atoms with Gasteiger partial charge in [0.25, 0.3) is 0 Å². The predicted molar refractivity (Wildman–Crippen MR) is 83.6 cm³/mol. The molecule has 0 aromatic heterocycles. The number of rotatable bonds is 6. The maximum Gasteiger partial charge on any atom is 0.244 e. The van der Waals surface area contributed by atoms with E-state index in [4.69, 9.17) is 17.3 Å². The summed E-state index contributed by atoms with van der Waals surface area (Å²) < 4.78 is 26.2. The van der Waals surface area contributed by atoms with Crippen LogP contribution in [0.5, 0.6) is 0 Å². The Hall–Kier alpha value is -0.820. The van der Waals surface area contributed by atoms with Crippen LogP contribution >= 0.6 is 11.6 Å². The average Bonchev–Trinajstić information content (AvgIpc) is 2.32. The van der Waals surface area contributed by atoms with Crippen molar-refractivity contribution in [3.8, 4) is 0 Å². The third-order valence-electron chi connectivity index (χ3n) is 3.09.